The molecule has 0 bridgehead atoms. The zero-order valence-corrected chi connectivity index (χ0v) is 12.0. The number of nitriles is 1. The summed E-state index contributed by atoms with van der Waals surface area (Å²) in [5.74, 6) is 0.403. The number of methoxy groups -OCH3 is 1. The van der Waals surface area contributed by atoms with Crippen LogP contribution >= 0.6 is 0 Å². The van der Waals surface area contributed by atoms with Crippen molar-refractivity contribution in [2.45, 2.75) is 4.90 Å². The van der Waals surface area contributed by atoms with E-state index < -0.39 is 10.0 Å². The lowest BCUT2D eigenvalue weighted by Gasteiger charge is -2.10. The molecule has 2 rings (SSSR count). The molecule has 0 fully saturated rings. The summed E-state index contributed by atoms with van der Waals surface area (Å²) in [6.07, 6.45) is 0. The minimum absolute atomic E-state index is 0.0168. The van der Waals surface area contributed by atoms with Gasteiger partial charge in [-0.15, -0.1) is 0 Å². The number of rotatable bonds is 4. The zero-order chi connectivity index (χ0) is 15.5. The van der Waals surface area contributed by atoms with Crippen molar-refractivity contribution in [3.8, 4) is 11.8 Å². The highest BCUT2D eigenvalue weighted by Crippen LogP contribution is 2.25. The molecule has 0 unspecified atom stereocenters. The number of anilines is 2. The standard InChI is InChI=1S/C14H13N3O3S/c1-20-14-6-5-12(8-13(14)16)21(18,19)17-11-4-2-3-10(7-11)9-15/h2-8,17H,16H2,1H3. The third-order valence-corrected chi connectivity index (χ3v) is 4.13. The lowest BCUT2D eigenvalue weighted by atomic mass is 10.2. The quantitative estimate of drug-likeness (QED) is 0.840. The summed E-state index contributed by atoms with van der Waals surface area (Å²) in [5, 5.41) is 8.81. The first-order valence-electron chi connectivity index (χ1n) is 5.93. The number of nitrogens with one attached hydrogen (secondary N) is 1. The van der Waals surface area contributed by atoms with E-state index in [1.165, 1.54) is 31.4 Å². The van der Waals surface area contributed by atoms with E-state index in [1.807, 2.05) is 6.07 Å². The van der Waals surface area contributed by atoms with Gasteiger partial charge in [-0.2, -0.15) is 5.26 Å². The number of nitrogens with zero attached hydrogens (tertiary/aromatic N) is 1. The number of sulfonamides is 1. The fraction of sp³-hybridized carbons (Fsp3) is 0.0714. The molecule has 21 heavy (non-hydrogen) atoms. The van der Waals surface area contributed by atoms with Gasteiger partial charge in [0.1, 0.15) is 5.75 Å². The molecule has 0 aliphatic rings. The molecule has 0 amide bonds. The van der Waals surface area contributed by atoms with Gasteiger partial charge in [0.25, 0.3) is 10.0 Å². The summed E-state index contributed by atoms with van der Waals surface area (Å²) in [6, 6.07) is 12.3. The van der Waals surface area contributed by atoms with Gasteiger partial charge < -0.3 is 10.5 Å². The number of ether oxygens (including phenoxy) is 1. The van der Waals surface area contributed by atoms with Crippen LogP contribution in [0.2, 0.25) is 0 Å². The van der Waals surface area contributed by atoms with E-state index in [1.54, 1.807) is 18.2 Å². The summed E-state index contributed by atoms with van der Waals surface area (Å²) in [4.78, 5) is 0.0168. The molecule has 2 aromatic carbocycles. The molecule has 6 nitrogen and oxygen atoms in total. The first kappa shape index (κ1) is 14.7. The maximum Gasteiger partial charge on any atom is 0.261 e. The Morgan fingerprint density at radius 3 is 2.62 bits per heavy atom. The van der Waals surface area contributed by atoms with Crippen LogP contribution < -0.4 is 15.2 Å². The molecular weight excluding hydrogens is 290 g/mol. The summed E-state index contributed by atoms with van der Waals surface area (Å²) in [6.45, 7) is 0. The maximum absolute atomic E-state index is 12.3. The molecule has 3 N–H and O–H groups in total. The monoisotopic (exact) mass is 303 g/mol. The Balaban J connectivity index is 2.34. The molecule has 0 radical (unpaired) electrons. The number of nitrogen functional groups attached to an aromatic ring is 1. The van der Waals surface area contributed by atoms with Gasteiger partial charge in [-0.25, -0.2) is 8.42 Å². The number of nitrogens with two attached hydrogens (primary N) is 1. The highest BCUT2D eigenvalue weighted by molar-refractivity contribution is 7.92. The first-order valence-corrected chi connectivity index (χ1v) is 7.41. The topological polar surface area (TPSA) is 105 Å². The van der Waals surface area contributed by atoms with E-state index in [4.69, 9.17) is 15.7 Å². The normalized spacial score (nSPS) is 10.7. The SMILES string of the molecule is COc1ccc(S(=O)(=O)Nc2cccc(C#N)c2)cc1N. The van der Waals surface area contributed by atoms with Gasteiger partial charge in [0.15, 0.2) is 0 Å². The van der Waals surface area contributed by atoms with Crippen LogP contribution in [0.15, 0.2) is 47.4 Å². The van der Waals surface area contributed by atoms with Crippen molar-refractivity contribution in [3.63, 3.8) is 0 Å². The molecule has 0 aliphatic heterocycles. The van der Waals surface area contributed by atoms with Gasteiger partial charge in [0.05, 0.1) is 35.0 Å². The fourth-order valence-electron chi connectivity index (χ4n) is 1.75. The smallest absolute Gasteiger partial charge is 0.261 e. The van der Waals surface area contributed by atoms with Gasteiger partial charge in [-0.1, -0.05) is 6.07 Å². The summed E-state index contributed by atoms with van der Waals surface area (Å²) in [5.41, 5.74) is 6.61. The minimum atomic E-state index is -3.78. The Hall–Kier alpha value is -2.72. The van der Waals surface area contributed by atoms with Crippen LogP contribution in [0.1, 0.15) is 5.56 Å². The van der Waals surface area contributed by atoms with Crippen LogP contribution in [0.3, 0.4) is 0 Å². The van der Waals surface area contributed by atoms with Gasteiger partial charge in [-0.05, 0) is 36.4 Å². The van der Waals surface area contributed by atoms with Crippen molar-refractivity contribution in [1.82, 2.24) is 0 Å². The largest absolute Gasteiger partial charge is 0.495 e. The number of benzene rings is 2. The third kappa shape index (κ3) is 3.24. The van der Waals surface area contributed by atoms with Crippen molar-refractivity contribution in [1.29, 1.82) is 5.26 Å². The predicted octanol–water partition coefficient (Wildman–Crippen LogP) is 1.95. The molecule has 0 saturated carbocycles. The van der Waals surface area contributed by atoms with E-state index >= 15 is 0 Å². The van der Waals surface area contributed by atoms with Gasteiger partial charge in [-0.3, -0.25) is 4.72 Å². The van der Waals surface area contributed by atoms with Crippen molar-refractivity contribution in [2.24, 2.45) is 0 Å². The molecule has 0 saturated heterocycles. The third-order valence-electron chi connectivity index (χ3n) is 2.76. The van der Waals surface area contributed by atoms with E-state index in [0.717, 1.165) is 0 Å². The summed E-state index contributed by atoms with van der Waals surface area (Å²) in [7, 11) is -2.33. The molecule has 0 heterocycles. The average Bonchev–Trinajstić information content (AvgIpc) is 2.47. The number of hydrogen-bond acceptors (Lipinski definition) is 5. The van der Waals surface area contributed by atoms with Crippen molar-refractivity contribution >= 4 is 21.4 Å². The average molecular weight is 303 g/mol. The second-order valence-corrected chi connectivity index (χ2v) is 5.88. The summed E-state index contributed by atoms with van der Waals surface area (Å²) >= 11 is 0. The Morgan fingerprint density at radius 2 is 2.00 bits per heavy atom. The second-order valence-electron chi connectivity index (χ2n) is 4.20. The van der Waals surface area contributed by atoms with Crippen molar-refractivity contribution < 1.29 is 13.2 Å². The van der Waals surface area contributed by atoms with E-state index in [-0.39, 0.29) is 10.6 Å². The molecule has 108 valence electrons. The van der Waals surface area contributed by atoms with Crippen LogP contribution in [-0.4, -0.2) is 15.5 Å². The van der Waals surface area contributed by atoms with E-state index in [0.29, 0.717) is 17.0 Å². The molecular formula is C14H13N3O3S. The highest BCUT2D eigenvalue weighted by atomic mass is 32.2. The molecule has 0 atom stereocenters. The fourth-order valence-corrected chi connectivity index (χ4v) is 2.83. The maximum atomic E-state index is 12.3. The van der Waals surface area contributed by atoms with Crippen LogP contribution in [0.25, 0.3) is 0 Å². The number of hydrogen-bond donors (Lipinski definition) is 2. The Morgan fingerprint density at radius 1 is 1.24 bits per heavy atom. The van der Waals surface area contributed by atoms with Gasteiger partial charge in [0, 0.05) is 0 Å². The first-order chi connectivity index (χ1) is 9.96. The Kier molecular flexibility index (Phi) is 4.00. The van der Waals surface area contributed by atoms with Crippen LogP contribution in [-0.2, 0) is 10.0 Å². The minimum Gasteiger partial charge on any atom is -0.495 e. The Bertz CT molecular complexity index is 810. The van der Waals surface area contributed by atoms with E-state index in [2.05, 4.69) is 4.72 Å². The molecule has 0 aliphatic carbocycles. The lowest BCUT2D eigenvalue weighted by Crippen LogP contribution is -2.13. The molecule has 0 aromatic heterocycles. The zero-order valence-electron chi connectivity index (χ0n) is 11.2. The molecule has 7 heteroatoms. The highest BCUT2D eigenvalue weighted by Gasteiger charge is 2.16. The summed E-state index contributed by atoms with van der Waals surface area (Å²) < 4.78 is 31.9. The van der Waals surface area contributed by atoms with Gasteiger partial charge in [0.2, 0.25) is 0 Å². The van der Waals surface area contributed by atoms with E-state index in [9.17, 15) is 8.42 Å². The molecule has 0 spiro atoms. The lowest BCUT2D eigenvalue weighted by molar-refractivity contribution is 0.416. The van der Waals surface area contributed by atoms with Gasteiger partial charge >= 0.3 is 0 Å². The van der Waals surface area contributed by atoms with Crippen molar-refractivity contribution in [3.05, 3.63) is 48.0 Å². The van der Waals surface area contributed by atoms with Crippen LogP contribution in [0.4, 0.5) is 11.4 Å². The van der Waals surface area contributed by atoms with Crippen molar-refractivity contribution in [2.75, 3.05) is 17.6 Å². The Labute approximate surface area is 122 Å². The van der Waals surface area contributed by atoms with Crippen LogP contribution in [0, 0.1) is 11.3 Å². The van der Waals surface area contributed by atoms with Crippen LogP contribution in [0.5, 0.6) is 5.75 Å². The predicted molar refractivity (Wildman–Crippen MR) is 79.4 cm³/mol. The second kappa shape index (κ2) is 5.73. The molecule has 2 aromatic rings.